The second-order valence-electron chi connectivity index (χ2n) is 7.80. The van der Waals surface area contributed by atoms with Crippen molar-refractivity contribution >= 4 is 38.6 Å². The van der Waals surface area contributed by atoms with E-state index in [9.17, 15) is 13.2 Å². The lowest BCUT2D eigenvalue weighted by Crippen LogP contribution is -2.35. The van der Waals surface area contributed by atoms with E-state index in [0.717, 1.165) is 35.7 Å². The average molecular weight is 466 g/mol. The zero-order valence-corrected chi connectivity index (χ0v) is 19.3. The summed E-state index contributed by atoms with van der Waals surface area (Å²) in [5.74, 6) is -0.0770. The van der Waals surface area contributed by atoms with Gasteiger partial charge in [-0.2, -0.15) is 4.31 Å². The van der Waals surface area contributed by atoms with Gasteiger partial charge in [-0.1, -0.05) is 30.7 Å². The molecular formula is C25H27N3O4S. The van der Waals surface area contributed by atoms with E-state index >= 15 is 0 Å². The molecule has 1 aliphatic rings. The minimum absolute atomic E-state index is 0.0753. The molecule has 7 nitrogen and oxygen atoms in total. The summed E-state index contributed by atoms with van der Waals surface area (Å²) in [5.41, 5.74) is 2.02. The SMILES string of the molecule is CCOc1ccc(NC(=O)/C=C/c2cccc3cccnc23)cc1S(=O)(=O)N1CCCCC1. The number of aromatic nitrogens is 1. The standard InChI is InChI=1S/C25H27N3O4S/c1-2-32-22-13-12-21(18-23(22)33(30,31)28-16-4-3-5-17-28)27-24(29)14-11-20-9-6-8-19-10-7-15-26-25(19)20/h6-15,18H,2-5,16-17H2,1H3,(H,27,29)/b14-11+. The van der Waals surface area contributed by atoms with Crippen LogP contribution in [0.25, 0.3) is 17.0 Å². The van der Waals surface area contributed by atoms with E-state index in [2.05, 4.69) is 10.3 Å². The van der Waals surface area contributed by atoms with Crippen LogP contribution in [0.3, 0.4) is 0 Å². The molecule has 0 saturated carbocycles. The van der Waals surface area contributed by atoms with Crippen molar-refractivity contribution in [3.05, 3.63) is 66.4 Å². The van der Waals surface area contributed by atoms with Gasteiger partial charge in [-0.15, -0.1) is 0 Å². The molecule has 2 heterocycles. The van der Waals surface area contributed by atoms with E-state index in [1.807, 2.05) is 30.3 Å². The molecule has 0 bridgehead atoms. The number of nitrogens with zero attached hydrogens (tertiary/aromatic N) is 2. The highest BCUT2D eigenvalue weighted by Gasteiger charge is 2.29. The molecule has 0 atom stereocenters. The van der Waals surface area contributed by atoms with E-state index in [1.165, 1.54) is 16.4 Å². The van der Waals surface area contributed by atoms with Gasteiger partial charge in [0.15, 0.2) is 0 Å². The van der Waals surface area contributed by atoms with Crippen molar-refractivity contribution in [2.45, 2.75) is 31.1 Å². The number of benzene rings is 2. The van der Waals surface area contributed by atoms with E-state index in [1.54, 1.807) is 31.3 Å². The Bertz CT molecular complexity index is 1280. The lowest BCUT2D eigenvalue weighted by atomic mass is 10.1. The predicted molar refractivity (Wildman–Crippen MR) is 130 cm³/mol. The lowest BCUT2D eigenvalue weighted by molar-refractivity contribution is -0.111. The molecule has 2 aromatic carbocycles. The number of para-hydroxylation sites is 1. The fourth-order valence-corrected chi connectivity index (χ4v) is 5.59. The van der Waals surface area contributed by atoms with Crippen molar-refractivity contribution < 1.29 is 17.9 Å². The van der Waals surface area contributed by atoms with Gasteiger partial charge in [-0.05, 0) is 50.1 Å². The number of pyridine rings is 1. The third-order valence-electron chi connectivity index (χ3n) is 5.52. The van der Waals surface area contributed by atoms with Gasteiger partial charge in [0.25, 0.3) is 0 Å². The van der Waals surface area contributed by atoms with Gasteiger partial charge in [0.2, 0.25) is 15.9 Å². The third kappa shape index (κ3) is 5.23. The highest BCUT2D eigenvalue weighted by molar-refractivity contribution is 7.89. The number of ether oxygens (including phenoxy) is 1. The van der Waals surface area contributed by atoms with Gasteiger partial charge in [-0.3, -0.25) is 9.78 Å². The molecule has 1 aliphatic heterocycles. The third-order valence-corrected chi connectivity index (χ3v) is 7.44. The second-order valence-corrected chi connectivity index (χ2v) is 9.71. The van der Waals surface area contributed by atoms with Gasteiger partial charge in [0.05, 0.1) is 12.1 Å². The highest BCUT2D eigenvalue weighted by Crippen LogP contribution is 2.31. The normalized spacial score (nSPS) is 15.1. The second kappa shape index (κ2) is 10.1. The molecule has 1 fully saturated rings. The van der Waals surface area contributed by atoms with Crippen molar-refractivity contribution in [3.8, 4) is 5.75 Å². The topological polar surface area (TPSA) is 88.6 Å². The smallest absolute Gasteiger partial charge is 0.248 e. The number of rotatable bonds is 7. The number of fused-ring (bicyclic) bond motifs is 1. The van der Waals surface area contributed by atoms with E-state index < -0.39 is 10.0 Å². The van der Waals surface area contributed by atoms with E-state index in [4.69, 9.17) is 4.74 Å². The molecule has 0 radical (unpaired) electrons. The summed E-state index contributed by atoms with van der Waals surface area (Å²) in [4.78, 5) is 17.0. The monoisotopic (exact) mass is 465 g/mol. The zero-order chi connectivity index (χ0) is 23.3. The summed E-state index contributed by atoms with van der Waals surface area (Å²) in [6.45, 7) is 3.13. The molecule has 8 heteroatoms. The molecule has 3 aromatic rings. The first-order valence-electron chi connectivity index (χ1n) is 11.1. The fraction of sp³-hybridized carbons (Fsp3) is 0.280. The van der Waals surface area contributed by atoms with Crippen molar-refractivity contribution in [2.24, 2.45) is 0 Å². The van der Waals surface area contributed by atoms with Crippen LogP contribution in [0.4, 0.5) is 5.69 Å². The van der Waals surface area contributed by atoms with Crippen LogP contribution in [0.1, 0.15) is 31.7 Å². The Kier molecular flexibility index (Phi) is 7.05. The molecule has 1 amide bonds. The largest absolute Gasteiger partial charge is 0.492 e. The molecular weight excluding hydrogens is 438 g/mol. The number of carbonyl (C=O) groups excluding carboxylic acids is 1. The lowest BCUT2D eigenvalue weighted by Gasteiger charge is -2.26. The summed E-state index contributed by atoms with van der Waals surface area (Å²) in [6.07, 6.45) is 7.53. The van der Waals surface area contributed by atoms with Crippen LogP contribution in [0.15, 0.2) is 65.7 Å². The molecule has 4 rings (SSSR count). The van der Waals surface area contributed by atoms with Crippen LogP contribution < -0.4 is 10.1 Å². The number of amides is 1. The summed E-state index contributed by atoms with van der Waals surface area (Å²) < 4.78 is 33.6. The first kappa shape index (κ1) is 22.9. The van der Waals surface area contributed by atoms with Crippen LogP contribution in [0.2, 0.25) is 0 Å². The maximum atomic E-state index is 13.3. The predicted octanol–water partition coefficient (Wildman–Crippen LogP) is 4.46. The van der Waals surface area contributed by atoms with Gasteiger partial charge < -0.3 is 10.1 Å². The number of anilines is 1. The average Bonchev–Trinajstić information content (AvgIpc) is 2.84. The number of piperidine rings is 1. The van der Waals surface area contributed by atoms with Gasteiger partial charge in [-0.25, -0.2) is 8.42 Å². The molecule has 1 N–H and O–H groups in total. The van der Waals surface area contributed by atoms with Crippen LogP contribution >= 0.6 is 0 Å². The summed E-state index contributed by atoms with van der Waals surface area (Å²) >= 11 is 0. The molecule has 1 saturated heterocycles. The van der Waals surface area contributed by atoms with Crippen molar-refractivity contribution in [3.63, 3.8) is 0 Å². The molecule has 0 aliphatic carbocycles. The number of nitrogens with one attached hydrogen (secondary N) is 1. The van der Waals surface area contributed by atoms with Crippen LogP contribution in [-0.4, -0.2) is 43.3 Å². The molecule has 172 valence electrons. The van der Waals surface area contributed by atoms with Crippen LogP contribution in [0, 0.1) is 0 Å². The minimum Gasteiger partial charge on any atom is -0.492 e. The highest BCUT2D eigenvalue weighted by atomic mass is 32.2. The quantitative estimate of drug-likeness (QED) is 0.521. The van der Waals surface area contributed by atoms with Gasteiger partial charge in [0.1, 0.15) is 10.6 Å². The molecule has 33 heavy (non-hydrogen) atoms. The Morgan fingerprint density at radius 2 is 1.91 bits per heavy atom. The number of hydrogen-bond acceptors (Lipinski definition) is 5. The summed E-state index contributed by atoms with van der Waals surface area (Å²) in [5, 5.41) is 3.75. The van der Waals surface area contributed by atoms with E-state index in [-0.39, 0.29) is 10.8 Å². The molecule has 0 spiro atoms. The Hall–Kier alpha value is -3.23. The maximum Gasteiger partial charge on any atom is 0.248 e. The van der Waals surface area contributed by atoms with Crippen LogP contribution in [-0.2, 0) is 14.8 Å². The van der Waals surface area contributed by atoms with Crippen molar-refractivity contribution in [1.82, 2.24) is 9.29 Å². The number of carbonyl (C=O) groups is 1. The summed E-state index contributed by atoms with van der Waals surface area (Å²) in [6, 6.07) is 14.3. The van der Waals surface area contributed by atoms with Gasteiger partial charge in [0, 0.05) is 42.0 Å². The Morgan fingerprint density at radius 3 is 2.70 bits per heavy atom. The first-order chi connectivity index (χ1) is 16.0. The van der Waals surface area contributed by atoms with Gasteiger partial charge >= 0.3 is 0 Å². The first-order valence-corrected chi connectivity index (χ1v) is 12.5. The fourth-order valence-electron chi connectivity index (χ4n) is 3.92. The molecule has 0 unspecified atom stereocenters. The van der Waals surface area contributed by atoms with E-state index in [0.29, 0.717) is 31.1 Å². The zero-order valence-electron chi connectivity index (χ0n) is 18.5. The maximum absolute atomic E-state index is 13.3. The van der Waals surface area contributed by atoms with Crippen molar-refractivity contribution in [1.29, 1.82) is 0 Å². The number of sulfonamides is 1. The Labute approximate surface area is 194 Å². The Balaban J connectivity index is 1.57. The summed E-state index contributed by atoms with van der Waals surface area (Å²) in [7, 11) is -3.72. The van der Waals surface area contributed by atoms with Crippen molar-refractivity contribution in [2.75, 3.05) is 25.0 Å². The number of hydrogen-bond donors (Lipinski definition) is 1. The van der Waals surface area contributed by atoms with Crippen LogP contribution in [0.5, 0.6) is 5.75 Å². The minimum atomic E-state index is -3.72. The Morgan fingerprint density at radius 1 is 1.12 bits per heavy atom. The molecule has 1 aromatic heterocycles.